The van der Waals surface area contributed by atoms with Crippen molar-refractivity contribution >= 4 is 46.4 Å². The molecule has 3 aromatic rings. The van der Waals surface area contributed by atoms with E-state index in [0.717, 1.165) is 0 Å². The number of benzene rings is 2. The lowest BCUT2D eigenvalue weighted by molar-refractivity contribution is -0.115. The van der Waals surface area contributed by atoms with Crippen molar-refractivity contribution in [1.29, 1.82) is 0 Å². The molecule has 11 heteroatoms. The maximum absolute atomic E-state index is 12.8. The molecule has 0 aliphatic carbocycles. The molecule has 4 N–H and O–H groups in total. The smallest absolute Gasteiger partial charge is 0.274 e. The number of aromatic nitrogens is 1. The van der Waals surface area contributed by atoms with E-state index >= 15 is 0 Å². The van der Waals surface area contributed by atoms with Gasteiger partial charge in [0.1, 0.15) is 22.9 Å². The predicted octanol–water partition coefficient (Wildman–Crippen LogP) is 3.52. The first-order chi connectivity index (χ1) is 17.2. The van der Waals surface area contributed by atoms with Crippen LogP contribution in [0.15, 0.2) is 54.6 Å². The molecule has 2 aromatic carbocycles. The molecular formula is C25H25N5O6. The second-order valence-corrected chi connectivity index (χ2v) is 7.51. The van der Waals surface area contributed by atoms with Crippen LogP contribution in [0, 0.1) is 0 Å². The summed E-state index contributed by atoms with van der Waals surface area (Å²) in [7, 11) is 2.93. The van der Waals surface area contributed by atoms with Crippen LogP contribution in [0.4, 0.5) is 22.7 Å². The molecule has 4 amide bonds. The Bertz CT molecular complexity index is 1230. The molecule has 0 spiro atoms. The van der Waals surface area contributed by atoms with Crippen molar-refractivity contribution in [3.8, 4) is 11.5 Å². The Balaban J connectivity index is 1.76. The Morgan fingerprint density at radius 1 is 0.639 bits per heavy atom. The molecule has 186 valence electrons. The maximum atomic E-state index is 12.8. The number of methoxy groups -OCH3 is 2. The summed E-state index contributed by atoms with van der Waals surface area (Å²) in [4.78, 5) is 52.6. The van der Waals surface area contributed by atoms with Gasteiger partial charge < -0.3 is 30.7 Å². The van der Waals surface area contributed by atoms with Crippen molar-refractivity contribution in [3.63, 3.8) is 0 Å². The van der Waals surface area contributed by atoms with Crippen LogP contribution in [0.2, 0.25) is 0 Å². The quantitative estimate of drug-likeness (QED) is 0.377. The summed E-state index contributed by atoms with van der Waals surface area (Å²) in [5.74, 6) is -0.834. The third-order valence-electron chi connectivity index (χ3n) is 4.75. The largest absolute Gasteiger partial charge is 0.495 e. The Morgan fingerprint density at radius 2 is 1.06 bits per heavy atom. The van der Waals surface area contributed by atoms with Crippen LogP contribution in [-0.4, -0.2) is 42.8 Å². The number of ether oxygens (including phenoxy) is 2. The highest BCUT2D eigenvalue weighted by molar-refractivity contribution is 6.07. The molecule has 36 heavy (non-hydrogen) atoms. The van der Waals surface area contributed by atoms with Gasteiger partial charge >= 0.3 is 0 Å². The van der Waals surface area contributed by atoms with Crippen LogP contribution in [0.3, 0.4) is 0 Å². The van der Waals surface area contributed by atoms with Crippen molar-refractivity contribution < 1.29 is 28.7 Å². The van der Waals surface area contributed by atoms with Crippen molar-refractivity contribution in [3.05, 3.63) is 66.0 Å². The van der Waals surface area contributed by atoms with Gasteiger partial charge in [-0.1, -0.05) is 6.07 Å². The molecule has 11 nitrogen and oxygen atoms in total. The van der Waals surface area contributed by atoms with Gasteiger partial charge in [0.05, 0.1) is 25.6 Å². The van der Waals surface area contributed by atoms with Crippen molar-refractivity contribution in [1.82, 2.24) is 4.98 Å². The Morgan fingerprint density at radius 3 is 1.42 bits per heavy atom. The van der Waals surface area contributed by atoms with E-state index in [1.807, 2.05) is 0 Å². The number of nitrogens with one attached hydrogen (secondary N) is 4. The van der Waals surface area contributed by atoms with Gasteiger partial charge in [0.2, 0.25) is 11.8 Å². The Hall–Kier alpha value is -4.93. The minimum absolute atomic E-state index is 0.00760. The first-order valence-electron chi connectivity index (χ1n) is 10.7. The van der Waals surface area contributed by atoms with Crippen molar-refractivity contribution in [2.45, 2.75) is 13.8 Å². The second-order valence-electron chi connectivity index (χ2n) is 7.51. The van der Waals surface area contributed by atoms with Crippen molar-refractivity contribution in [2.24, 2.45) is 0 Å². The van der Waals surface area contributed by atoms with E-state index in [0.29, 0.717) is 34.2 Å². The Kier molecular flexibility index (Phi) is 8.18. The van der Waals surface area contributed by atoms with Crippen LogP contribution in [-0.2, 0) is 9.59 Å². The fourth-order valence-corrected chi connectivity index (χ4v) is 3.22. The molecule has 0 radical (unpaired) electrons. The number of carbonyl (C=O) groups excluding carboxylic acids is 4. The fraction of sp³-hybridized carbons (Fsp3) is 0.160. The van der Waals surface area contributed by atoms with Crippen LogP contribution >= 0.6 is 0 Å². The summed E-state index contributed by atoms with van der Waals surface area (Å²) in [6, 6.07) is 14.0. The maximum Gasteiger partial charge on any atom is 0.274 e. The number of rotatable bonds is 8. The minimum Gasteiger partial charge on any atom is -0.495 e. The average molecular weight is 492 g/mol. The topological polar surface area (TPSA) is 148 Å². The van der Waals surface area contributed by atoms with Gasteiger partial charge in [-0.2, -0.15) is 0 Å². The number of anilines is 4. The number of hydrogen-bond donors (Lipinski definition) is 4. The summed E-state index contributed by atoms with van der Waals surface area (Å²) < 4.78 is 10.4. The van der Waals surface area contributed by atoms with Gasteiger partial charge in [-0.25, -0.2) is 4.98 Å². The zero-order valence-corrected chi connectivity index (χ0v) is 20.1. The lowest BCUT2D eigenvalue weighted by Crippen LogP contribution is -2.19. The van der Waals surface area contributed by atoms with Gasteiger partial charge in [-0.05, 0) is 48.5 Å². The lowest BCUT2D eigenvalue weighted by atomic mass is 10.2. The molecule has 1 heterocycles. The molecule has 0 atom stereocenters. The van der Waals surface area contributed by atoms with E-state index in [9.17, 15) is 19.2 Å². The highest BCUT2D eigenvalue weighted by atomic mass is 16.5. The van der Waals surface area contributed by atoms with Gasteiger partial charge in [0, 0.05) is 25.2 Å². The van der Waals surface area contributed by atoms with E-state index in [1.54, 1.807) is 36.4 Å². The SMILES string of the molecule is COc1ccc(NC(=O)c2cccc(C(=O)Nc3ccc(OC)c(NC(C)=O)c3)n2)cc1NC(C)=O. The molecule has 0 aliphatic rings. The van der Waals surface area contributed by atoms with Gasteiger partial charge in [0.15, 0.2) is 0 Å². The lowest BCUT2D eigenvalue weighted by Gasteiger charge is -2.13. The number of hydrogen-bond acceptors (Lipinski definition) is 7. The van der Waals surface area contributed by atoms with Crippen LogP contribution < -0.4 is 30.7 Å². The molecular weight excluding hydrogens is 466 g/mol. The van der Waals surface area contributed by atoms with E-state index in [4.69, 9.17) is 9.47 Å². The Labute approximate surface area is 207 Å². The molecule has 0 aliphatic heterocycles. The van der Waals surface area contributed by atoms with Gasteiger partial charge in [0.25, 0.3) is 11.8 Å². The van der Waals surface area contributed by atoms with E-state index in [-0.39, 0.29) is 23.2 Å². The fourth-order valence-electron chi connectivity index (χ4n) is 3.22. The highest BCUT2D eigenvalue weighted by Gasteiger charge is 2.15. The highest BCUT2D eigenvalue weighted by Crippen LogP contribution is 2.29. The number of pyridine rings is 1. The van der Waals surface area contributed by atoms with E-state index < -0.39 is 11.8 Å². The van der Waals surface area contributed by atoms with E-state index in [2.05, 4.69) is 26.3 Å². The average Bonchev–Trinajstić information content (AvgIpc) is 2.84. The zero-order chi connectivity index (χ0) is 26.2. The summed E-state index contributed by atoms with van der Waals surface area (Å²) in [5, 5.41) is 10.6. The second kappa shape index (κ2) is 11.5. The normalized spacial score (nSPS) is 10.1. The standard InChI is InChI=1S/C25H25N5O6/c1-14(31)26-20-12-16(8-10-22(20)35-3)28-24(33)18-6-5-7-19(30-18)25(34)29-17-9-11-23(36-4)21(13-17)27-15(2)32/h5-13H,1-4H3,(H,26,31)(H,27,32)(H,28,33)(H,29,34). The number of amides is 4. The molecule has 0 saturated heterocycles. The van der Waals surface area contributed by atoms with Crippen LogP contribution in [0.25, 0.3) is 0 Å². The summed E-state index contributed by atoms with van der Waals surface area (Å²) >= 11 is 0. The van der Waals surface area contributed by atoms with Crippen LogP contribution in [0.5, 0.6) is 11.5 Å². The molecule has 0 fully saturated rings. The molecule has 0 unspecified atom stereocenters. The summed E-state index contributed by atoms with van der Waals surface area (Å²) in [6.45, 7) is 2.72. The molecule has 0 bridgehead atoms. The summed E-state index contributed by atoms with van der Waals surface area (Å²) in [5.41, 5.74) is 1.58. The number of carbonyl (C=O) groups is 4. The molecule has 1 aromatic heterocycles. The first-order valence-corrected chi connectivity index (χ1v) is 10.7. The third kappa shape index (κ3) is 6.56. The predicted molar refractivity (Wildman–Crippen MR) is 135 cm³/mol. The molecule has 0 saturated carbocycles. The monoisotopic (exact) mass is 491 g/mol. The van der Waals surface area contributed by atoms with E-state index in [1.165, 1.54) is 46.3 Å². The third-order valence-corrected chi connectivity index (χ3v) is 4.75. The van der Waals surface area contributed by atoms with Gasteiger partial charge in [-0.3, -0.25) is 19.2 Å². The van der Waals surface area contributed by atoms with Crippen LogP contribution in [0.1, 0.15) is 34.8 Å². The first kappa shape index (κ1) is 25.7. The minimum atomic E-state index is -0.555. The zero-order valence-electron chi connectivity index (χ0n) is 20.1. The summed E-state index contributed by atoms with van der Waals surface area (Å²) in [6.07, 6.45) is 0. The number of nitrogens with zero attached hydrogens (tertiary/aromatic N) is 1. The molecule has 3 rings (SSSR count). The van der Waals surface area contributed by atoms with Crippen molar-refractivity contribution in [2.75, 3.05) is 35.5 Å². The van der Waals surface area contributed by atoms with Gasteiger partial charge in [-0.15, -0.1) is 0 Å².